The second kappa shape index (κ2) is 34.2. The van der Waals surface area contributed by atoms with Crippen LogP contribution in [0.4, 0.5) is 0 Å². The van der Waals surface area contributed by atoms with Gasteiger partial charge < -0.3 is 54.8 Å². The molecule has 1 aliphatic carbocycles. The van der Waals surface area contributed by atoms with Crippen LogP contribution in [0.3, 0.4) is 0 Å². The first-order valence-corrected chi connectivity index (χ1v) is 27.7. The maximum atomic E-state index is 13.8. The zero-order valence-corrected chi connectivity index (χ0v) is 41.8. The molecule has 68 heavy (non-hydrogen) atoms. The van der Waals surface area contributed by atoms with Gasteiger partial charge in [0.25, 0.3) is 0 Å². The van der Waals surface area contributed by atoms with Crippen molar-refractivity contribution in [2.24, 2.45) is 11.8 Å². The van der Waals surface area contributed by atoms with E-state index >= 15 is 0 Å². The van der Waals surface area contributed by atoms with Crippen LogP contribution in [0.15, 0.2) is 36.5 Å². The van der Waals surface area contributed by atoms with E-state index in [4.69, 9.17) is 23.0 Å². The lowest BCUT2D eigenvalue weighted by Crippen LogP contribution is -2.56. The standard InChI is InChI=1S/C47H82O19P2/c1-3-5-7-8-9-10-11-12-13-14-15-16-17-18-24-28-41(52)64-35-32-62-40(51)27-23-20-19-22-26-36-38(49)31-39(50)37(30-29-34(48)25-21-6-4-2)43(54)46(65-67(57,58)59)47(45(56)44(55)42(36)53)66-68(60,61)63-33-35/h9-10,12-13,29-30,34-37,39,42-48,50,53-56H,3-8,11,14-28,31-33H2,1-2H3,(H,60,61)(H2,57,58,59)/b10-9-,13-12-,30-29+/t34-,35+,36-,37-,39+,42+,43+,44-,45+,46+,47-/m0/s1. The molecule has 0 spiro atoms. The molecule has 1 heterocycles. The smallest absolute Gasteiger partial charge is 0.462 e. The molecule has 0 radical (unpaired) electrons. The Morgan fingerprint density at radius 3 is 2.12 bits per heavy atom. The Morgan fingerprint density at radius 1 is 0.809 bits per heavy atom. The zero-order valence-electron chi connectivity index (χ0n) is 40.0. The first-order valence-electron chi connectivity index (χ1n) is 24.6. The highest BCUT2D eigenvalue weighted by Gasteiger charge is 2.51. The Hall–Kier alpha value is -2.19. The SMILES string of the molecule is CCCCC/C=C\C/C=C\CCCCCCCC(=O)O[C@@H]1COC(=O)CCCCCC[C@H]2C(=O)C[C@@H](O)[C@H](/C=C/[C@@H](O)CCCCC)[C@@H](O)[C@@H](OP(=O)(O)O)[C@@H](OP(=O)(O)OC1)[C@H](O)[C@@H](O)[C@@H]2O. The average Bonchev–Trinajstić information content (AvgIpc) is 3.28. The first-order chi connectivity index (χ1) is 32.3. The number of carbonyl (C=O) groups excluding carboxylic acids is 3. The van der Waals surface area contributed by atoms with Gasteiger partial charge in [-0.3, -0.25) is 28.0 Å². The topological polar surface area (TPSA) is 314 Å². The lowest BCUT2D eigenvalue weighted by molar-refractivity contribution is -0.165. The van der Waals surface area contributed by atoms with Crippen LogP contribution < -0.4 is 0 Å². The van der Waals surface area contributed by atoms with Crippen LogP contribution in [-0.2, 0) is 46.6 Å². The van der Waals surface area contributed by atoms with Crippen LogP contribution in [0, 0.1) is 11.8 Å². The Morgan fingerprint density at radius 2 is 1.44 bits per heavy atom. The molecular weight excluding hydrogens is 930 g/mol. The number of ether oxygens (including phenoxy) is 2. The minimum Gasteiger partial charge on any atom is -0.462 e. The third kappa shape index (κ3) is 25.8. The van der Waals surface area contributed by atoms with Crippen molar-refractivity contribution in [3.63, 3.8) is 0 Å². The molecule has 1 saturated heterocycles. The van der Waals surface area contributed by atoms with E-state index in [1.807, 2.05) is 6.92 Å². The number of hydrogen-bond donors (Lipinski definition) is 9. The highest BCUT2D eigenvalue weighted by Crippen LogP contribution is 2.49. The van der Waals surface area contributed by atoms with Crippen molar-refractivity contribution in [2.45, 2.75) is 216 Å². The molecule has 1 saturated carbocycles. The monoisotopic (exact) mass is 1010 g/mol. The Kier molecular flexibility index (Phi) is 31.2. The molecule has 2 bridgehead atoms. The minimum absolute atomic E-state index is 0.0449. The predicted octanol–water partition coefficient (Wildman–Crippen LogP) is 6.10. The van der Waals surface area contributed by atoms with E-state index in [0.29, 0.717) is 38.5 Å². The van der Waals surface area contributed by atoms with E-state index in [-0.39, 0.29) is 32.1 Å². The third-order valence-corrected chi connectivity index (χ3v) is 13.6. The fraction of sp³-hybridized carbons (Fsp3) is 0.809. The second-order valence-electron chi connectivity index (χ2n) is 18.0. The number of cyclic esters (lactones) is 1. The molecule has 19 nitrogen and oxygen atoms in total. The van der Waals surface area contributed by atoms with Crippen molar-refractivity contribution in [3.05, 3.63) is 36.5 Å². The Labute approximate surface area is 402 Å². The van der Waals surface area contributed by atoms with Crippen molar-refractivity contribution >= 4 is 33.4 Å². The number of phosphoric acid groups is 2. The molecule has 12 atom stereocenters. The number of Topliss-reactive ketones (excluding diaryl/α,β-unsaturated/α-hetero) is 1. The zero-order chi connectivity index (χ0) is 50.5. The molecule has 394 valence electrons. The molecule has 0 aromatic heterocycles. The molecule has 1 unspecified atom stereocenters. The van der Waals surface area contributed by atoms with E-state index in [1.165, 1.54) is 25.3 Å². The van der Waals surface area contributed by atoms with Crippen LogP contribution in [0.25, 0.3) is 0 Å². The third-order valence-electron chi connectivity index (χ3n) is 12.1. The average molecular weight is 1010 g/mol. The maximum absolute atomic E-state index is 13.8. The summed E-state index contributed by atoms with van der Waals surface area (Å²) in [5.41, 5.74) is 0. The number of carbonyl (C=O) groups is 3. The van der Waals surface area contributed by atoms with Gasteiger partial charge in [0.1, 0.15) is 36.8 Å². The molecular formula is C47H82O19P2. The molecule has 2 aliphatic rings. The minimum atomic E-state index is -5.78. The maximum Gasteiger partial charge on any atom is 0.472 e. The van der Waals surface area contributed by atoms with Crippen molar-refractivity contribution in [1.82, 2.24) is 0 Å². The van der Waals surface area contributed by atoms with Crippen molar-refractivity contribution in [3.8, 4) is 0 Å². The van der Waals surface area contributed by atoms with E-state index in [1.54, 1.807) is 0 Å². The van der Waals surface area contributed by atoms with Gasteiger partial charge in [-0.2, -0.15) is 0 Å². The molecule has 9 N–H and O–H groups in total. The summed E-state index contributed by atoms with van der Waals surface area (Å²) in [7, 11) is -11.5. The van der Waals surface area contributed by atoms with E-state index in [2.05, 4.69) is 31.2 Å². The summed E-state index contributed by atoms with van der Waals surface area (Å²) >= 11 is 0. The summed E-state index contributed by atoms with van der Waals surface area (Å²) in [6, 6.07) is 0. The summed E-state index contributed by atoms with van der Waals surface area (Å²) in [5, 5.41) is 68.3. The van der Waals surface area contributed by atoms with Crippen molar-refractivity contribution in [2.75, 3.05) is 13.2 Å². The quantitative estimate of drug-likeness (QED) is 0.0242. The summed E-state index contributed by atoms with van der Waals surface area (Å²) in [6.45, 7) is 2.53. The number of aliphatic hydroxyl groups is 6. The fourth-order valence-electron chi connectivity index (χ4n) is 8.14. The van der Waals surface area contributed by atoms with Crippen molar-refractivity contribution < 1.29 is 91.9 Å². The largest absolute Gasteiger partial charge is 0.472 e. The van der Waals surface area contributed by atoms with Crippen LogP contribution in [0.1, 0.15) is 162 Å². The van der Waals surface area contributed by atoms with E-state index in [0.717, 1.165) is 57.4 Å². The summed E-state index contributed by atoms with van der Waals surface area (Å²) < 4.78 is 52.2. The van der Waals surface area contributed by atoms with Crippen LogP contribution in [0.2, 0.25) is 0 Å². The Bertz CT molecular complexity index is 1620. The Balaban J connectivity index is 2.36. The molecule has 0 amide bonds. The highest BCUT2D eigenvalue weighted by atomic mass is 31.2. The second-order valence-corrected chi connectivity index (χ2v) is 20.6. The number of aliphatic hydroxyl groups excluding tert-OH is 6. The fourth-order valence-corrected chi connectivity index (χ4v) is 9.67. The number of allylic oxidation sites excluding steroid dienone is 4. The van der Waals surface area contributed by atoms with Gasteiger partial charge in [-0.15, -0.1) is 0 Å². The summed E-state index contributed by atoms with van der Waals surface area (Å²) in [6.07, 6.45) is 4.73. The summed E-state index contributed by atoms with van der Waals surface area (Å²) in [5.74, 6) is -5.51. The van der Waals surface area contributed by atoms with Crippen LogP contribution in [-0.4, -0.2) is 131 Å². The molecule has 1 aliphatic heterocycles. The van der Waals surface area contributed by atoms with Gasteiger partial charge in [0.05, 0.1) is 31.0 Å². The number of ketones is 1. The number of fused-ring (bicyclic) bond motifs is 4. The lowest BCUT2D eigenvalue weighted by atomic mass is 9.83. The van der Waals surface area contributed by atoms with Gasteiger partial charge in [0.15, 0.2) is 6.10 Å². The van der Waals surface area contributed by atoms with Gasteiger partial charge in [-0.25, -0.2) is 9.13 Å². The highest BCUT2D eigenvalue weighted by molar-refractivity contribution is 7.47. The number of phosphoric ester groups is 2. The molecule has 2 fully saturated rings. The normalized spacial score (nSPS) is 30.8. The van der Waals surface area contributed by atoms with Crippen LogP contribution in [0.5, 0.6) is 0 Å². The number of esters is 2. The van der Waals surface area contributed by atoms with Gasteiger partial charge in [0, 0.05) is 31.1 Å². The van der Waals surface area contributed by atoms with Crippen LogP contribution >= 0.6 is 15.6 Å². The summed E-state index contributed by atoms with van der Waals surface area (Å²) in [4.78, 5) is 70.5. The van der Waals surface area contributed by atoms with E-state index in [9.17, 15) is 68.8 Å². The number of unbranched alkanes of at least 4 members (excludes halogenated alkanes) is 10. The first kappa shape index (κ1) is 61.9. The van der Waals surface area contributed by atoms with E-state index < -0.39 is 120 Å². The lowest BCUT2D eigenvalue weighted by Gasteiger charge is -2.38. The molecule has 21 heteroatoms. The van der Waals surface area contributed by atoms with Gasteiger partial charge >= 0.3 is 27.6 Å². The van der Waals surface area contributed by atoms with Crippen molar-refractivity contribution in [1.29, 1.82) is 0 Å². The molecule has 2 rings (SSSR count). The van der Waals surface area contributed by atoms with Gasteiger partial charge in [-0.1, -0.05) is 121 Å². The van der Waals surface area contributed by atoms with Gasteiger partial charge in [0.2, 0.25) is 0 Å². The number of rotatable bonds is 23. The van der Waals surface area contributed by atoms with Gasteiger partial charge in [-0.05, 0) is 57.8 Å². The predicted molar refractivity (Wildman–Crippen MR) is 251 cm³/mol. The molecule has 0 aromatic carbocycles. The molecule has 0 aromatic rings. The number of hydrogen-bond acceptors (Lipinski definition) is 16.